The van der Waals surface area contributed by atoms with Crippen molar-refractivity contribution >= 4 is 0 Å². The summed E-state index contributed by atoms with van der Waals surface area (Å²) in [5.74, 6) is 2.28. The maximum Gasteiger partial charge on any atom is 0.166 e. The third kappa shape index (κ3) is 2.50. The molecule has 2 bridgehead atoms. The molecule has 2 saturated carbocycles. The lowest BCUT2D eigenvalue weighted by molar-refractivity contribution is -0.208. The van der Waals surface area contributed by atoms with Gasteiger partial charge in [-0.05, 0) is 68.2 Å². The fraction of sp³-hybridized carbons (Fsp3) is 0.556. The minimum absolute atomic E-state index is 0.102. The van der Waals surface area contributed by atoms with Crippen LogP contribution in [0.5, 0.6) is 11.5 Å². The second kappa shape index (κ2) is 6.72. The average molecular weight is 434 g/mol. The van der Waals surface area contributed by atoms with Gasteiger partial charge < -0.3 is 19.7 Å². The van der Waals surface area contributed by atoms with Crippen molar-refractivity contribution < 1.29 is 19.7 Å². The molecule has 2 N–H and O–H groups in total. The Balaban J connectivity index is 1.31. The van der Waals surface area contributed by atoms with E-state index in [1.807, 2.05) is 24.3 Å². The Labute approximate surface area is 189 Å². The molecule has 2 aromatic rings. The Morgan fingerprint density at radius 2 is 1.91 bits per heavy atom. The van der Waals surface area contributed by atoms with Crippen LogP contribution in [0.3, 0.4) is 0 Å². The van der Waals surface area contributed by atoms with Crippen molar-refractivity contribution in [2.75, 3.05) is 13.1 Å². The van der Waals surface area contributed by atoms with Gasteiger partial charge in [-0.3, -0.25) is 4.90 Å². The minimum Gasteiger partial charge on any atom is -0.485 e. The zero-order valence-corrected chi connectivity index (χ0v) is 18.4. The van der Waals surface area contributed by atoms with Gasteiger partial charge in [-0.2, -0.15) is 0 Å². The summed E-state index contributed by atoms with van der Waals surface area (Å²) < 4.78 is 12.8. The molecule has 5 nitrogen and oxygen atoms in total. The van der Waals surface area contributed by atoms with Gasteiger partial charge in [-0.1, -0.05) is 36.4 Å². The van der Waals surface area contributed by atoms with Gasteiger partial charge in [-0.25, -0.2) is 0 Å². The summed E-state index contributed by atoms with van der Waals surface area (Å²) in [6.07, 6.45) is 4.57. The lowest BCUT2D eigenvalue weighted by Crippen LogP contribution is -2.77. The summed E-state index contributed by atoms with van der Waals surface area (Å²) in [5.41, 5.74) is 2.09. The molecule has 0 unspecified atom stereocenters. The predicted molar refractivity (Wildman–Crippen MR) is 120 cm³/mol. The van der Waals surface area contributed by atoms with E-state index in [1.165, 1.54) is 18.4 Å². The van der Waals surface area contributed by atoms with E-state index in [0.29, 0.717) is 19.4 Å². The molecule has 0 radical (unpaired) electrons. The monoisotopic (exact) mass is 433 g/mol. The van der Waals surface area contributed by atoms with Gasteiger partial charge in [0.15, 0.2) is 11.5 Å². The molecule has 2 heterocycles. The average Bonchev–Trinajstić information content (AvgIpc) is 3.55. The highest BCUT2D eigenvalue weighted by Gasteiger charge is 2.73. The second-order valence-electron chi connectivity index (χ2n) is 10.6. The maximum absolute atomic E-state index is 12.4. The Morgan fingerprint density at radius 3 is 2.72 bits per heavy atom. The lowest BCUT2D eigenvalue weighted by Gasteiger charge is -2.63. The van der Waals surface area contributed by atoms with Crippen LogP contribution in [-0.2, 0) is 18.4 Å². The number of hydrogen-bond acceptors (Lipinski definition) is 5. The minimum atomic E-state index is -0.861. The van der Waals surface area contributed by atoms with Gasteiger partial charge in [0.2, 0.25) is 0 Å². The molecule has 5 aliphatic rings. The van der Waals surface area contributed by atoms with E-state index in [2.05, 4.69) is 23.1 Å². The number of rotatable bonds is 5. The van der Waals surface area contributed by atoms with Crippen LogP contribution >= 0.6 is 0 Å². The number of ether oxygens (including phenoxy) is 2. The fourth-order valence-electron chi connectivity index (χ4n) is 7.29. The first-order valence-electron chi connectivity index (χ1n) is 12.2. The van der Waals surface area contributed by atoms with Crippen LogP contribution in [0.15, 0.2) is 42.5 Å². The molecule has 0 amide bonds. The Hall–Kier alpha value is -2.08. The van der Waals surface area contributed by atoms with Gasteiger partial charge in [-0.15, -0.1) is 0 Å². The number of piperidine rings is 1. The van der Waals surface area contributed by atoms with Crippen LogP contribution in [0.25, 0.3) is 0 Å². The second-order valence-corrected chi connectivity index (χ2v) is 10.6. The molecule has 5 atom stereocenters. The molecular weight excluding hydrogens is 402 g/mol. The van der Waals surface area contributed by atoms with Gasteiger partial charge >= 0.3 is 0 Å². The Kier molecular flexibility index (Phi) is 4.07. The maximum atomic E-state index is 12.4. The van der Waals surface area contributed by atoms with Crippen LogP contribution in [0.1, 0.15) is 48.8 Å². The molecule has 2 aliphatic heterocycles. The zero-order valence-electron chi connectivity index (χ0n) is 18.4. The zero-order chi connectivity index (χ0) is 21.5. The van der Waals surface area contributed by atoms with Crippen molar-refractivity contribution in [2.45, 2.75) is 74.4 Å². The van der Waals surface area contributed by atoms with E-state index >= 15 is 0 Å². The molecule has 1 spiro atoms. The topological polar surface area (TPSA) is 62.2 Å². The molecule has 3 aliphatic carbocycles. The summed E-state index contributed by atoms with van der Waals surface area (Å²) in [4.78, 5) is 2.55. The van der Waals surface area contributed by atoms with Crippen molar-refractivity contribution in [2.24, 2.45) is 5.92 Å². The number of likely N-dealkylation sites (tertiary alicyclic amines) is 1. The molecule has 168 valence electrons. The van der Waals surface area contributed by atoms with E-state index in [4.69, 9.17) is 9.47 Å². The number of hydrogen-bond donors (Lipinski definition) is 2. The number of aliphatic hydroxyl groups excluding tert-OH is 1. The highest BCUT2D eigenvalue weighted by molar-refractivity contribution is 5.63. The highest BCUT2D eigenvalue weighted by atomic mass is 16.5. The van der Waals surface area contributed by atoms with Crippen molar-refractivity contribution in [1.82, 2.24) is 4.90 Å². The summed E-state index contributed by atoms with van der Waals surface area (Å²) in [7, 11) is 0. The van der Waals surface area contributed by atoms with Crippen molar-refractivity contribution in [3.63, 3.8) is 0 Å². The van der Waals surface area contributed by atoms with Crippen molar-refractivity contribution in [1.29, 1.82) is 0 Å². The Morgan fingerprint density at radius 1 is 1.06 bits per heavy atom. The molecule has 7 rings (SSSR count). The molecule has 32 heavy (non-hydrogen) atoms. The van der Waals surface area contributed by atoms with Gasteiger partial charge in [0, 0.05) is 18.2 Å². The van der Waals surface area contributed by atoms with E-state index in [-0.39, 0.29) is 6.04 Å². The number of benzene rings is 2. The largest absolute Gasteiger partial charge is 0.485 e. The van der Waals surface area contributed by atoms with Crippen LogP contribution in [0.2, 0.25) is 0 Å². The molecule has 0 aromatic heterocycles. The molecule has 1 saturated heterocycles. The summed E-state index contributed by atoms with van der Waals surface area (Å²) in [6.45, 7) is 2.53. The fourth-order valence-corrected chi connectivity index (χ4v) is 7.29. The molecule has 2 aromatic carbocycles. The summed E-state index contributed by atoms with van der Waals surface area (Å²) in [5, 5.41) is 23.4. The summed E-state index contributed by atoms with van der Waals surface area (Å²) >= 11 is 0. The SMILES string of the molecule is O[C@H]1CC[C@@]2(O)[C@H]3Cc4ccc(OCc5ccccc5)c5c4[C@@]2(CCN3CC2CC2)[C@H]1O5. The van der Waals surface area contributed by atoms with Crippen LogP contribution in [-0.4, -0.2) is 52.1 Å². The first kappa shape index (κ1) is 19.4. The third-order valence-corrected chi connectivity index (χ3v) is 8.95. The quantitative estimate of drug-likeness (QED) is 0.758. The van der Waals surface area contributed by atoms with Crippen LogP contribution in [0, 0.1) is 5.92 Å². The normalized spacial score (nSPS) is 37.0. The summed E-state index contributed by atoms with van der Waals surface area (Å²) in [6, 6.07) is 14.5. The third-order valence-electron chi connectivity index (χ3n) is 8.95. The molecule has 3 fully saturated rings. The van der Waals surface area contributed by atoms with E-state index in [0.717, 1.165) is 54.5 Å². The molecular formula is C27H31NO4. The van der Waals surface area contributed by atoms with Crippen LogP contribution in [0.4, 0.5) is 0 Å². The Bertz CT molecular complexity index is 1050. The van der Waals surface area contributed by atoms with Crippen molar-refractivity contribution in [3.05, 3.63) is 59.2 Å². The van der Waals surface area contributed by atoms with Crippen molar-refractivity contribution in [3.8, 4) is 11.5 Å². The number of nitrogens with zero attached hydrogens (tertiary/aromatic N) is 1. The van der Waals surface area contributed by atoms with E-state index < -0.39 is 23.2 Å². The van der Waals surface area contributed by atoms with E-state index in [9.17, 15) is 10.2 Å². The lowest BCUT2D eigenvalue weighted by atomic mass is 9.48. The van der Waals surface area contributed by atoms with Crippen LogP contribution < -0.4 is 9.47 Å². The van der Waals surface area contributed by atoms with E-state index in [1.54, 1.807) is 0 Å². The standard InChI is InChI=1S/C27H31NO4/c29-20-10-11-27(30)22-14-19-8-9-21(31-16-18-4-2-1-3-5-18)24-23(19)26(27,25(20)32-24)12-13-28(22)15-17-6-7-17/h1-5,8-9,17,20,22,25,29-30H,6-7,10-16H2/t20-,22+,25-,26-,27+/m0/s1. The molecule has 5 heteroatoms. The predicted octanol–water partition coefficient (Wildman–Crippen LogP) is 3.19. The number of aliphatic hydroxyl groups is 2. The highest BCUT2D eigenvalue weighted by Crippen LogP contribution is 2.65. The smallest absolute Gasteiger partial charge is 0.166 e. The van der Waals surface area contributed by atoms with Gasteiger partial charge in [0.25, 0.3) is 0 Å². The van der Waals surface area contributed by atoms with Gasteiger partial charge in [0.1, 0.15) is 12.7 Å². The van der Waals surface area contributed by atoms with Gasteiger partial charge in [0.05, 0.1) is 17.1 Å². The first-order chi connectivity index (χ1) is 15.6. The first-order valence-corrected chi connectivity index (χ1v) is 12.2.